The highest BCUT2D eigenvalue weighted by atomic mass is 16.6. The summed E-state index contributed by atoms with van der Waals surface area (Å²) in [7, 11) is 0. The molecule has 6 heteroatoms. The van der Waals surface area contributed by atoms with Crippen LogP contribution in [0.2, 0.25) is 0 Å². The van der Waals surface area contributed by atoms with Crippen LogP contribution in [0, 0.1) is 0 Å². The maximum atomic E-state index is 12.7. The average Bonchev–Trinajstić information content (AvgIpc) is 3.19. The minimum absolute atomic E-state index is 0.0882. The first-order valence-corrected chi connectivity index (χ1v) is 22.9. The minimum atomic E-state index is -0.787. The Labute approximate surface area is 344 Å². The summed E-state index contributed by atoms with van der Waals surface area (Å²) < 4.78 is 16.7. The number of esters is 3. The van der Waals surface area contributed by atoms with Gasteiger partial charge in [0.1, 0.15) is 13.2 Å². The van der Waals surface area contributed by atoms with Gasteiger partial charge in [0.05, 0.1) is 0 Å². The fourth-order valence-corrected chi connectivity index (χ4v) is 6.06. The van der Waals surface area contributed by atoms with Crippen LogP contribution in [0.1, 0.15) is 207 Å². The number of rotatable bonds is 40. The highest BCUT2D eigenvalue weighted by Gasteiger charge is 2.19. The van der Waals surface area contributed by atoms with E-state index in [-0.39, 0.29) is 31.1 Å². The number of hydrogen-bond acceptors (Lipinski definition) is 6. The number of hydrogen-bond donors (Lipinski definition) is 0. The summed E-state index contributed by atoms with van der Waals surface area (Å²) in [6, 6.07) is 0. The first-order chi connectivity index (χ1) is 27.5. The smallest absolute Gasteiger partial charge is 0.306 e. The number of allylic oxidation sites excluding steroid dienone is 12. The minimum Gasteiger partial charge on any atom is -0.462 e. The highest BCUT2D eigenvalue weighted by Crippen LogP contribution is 2.13. The SMILES string of the molecule is CC/C=C\C/C=C\C/C=C\CCCCCCCC(=O)OCC(COC(=O)CCCCCCCCCC)OC(=O)CCCCCCC/C=C\C/C=C\C/C=C\CC. The fraction of sp³-hybridized carbons (Fsp3) is 0.700. The second kappa shape index (κ2) is 44.6. The van der Waals surface area contributed by atoms with Crippen LogP contribution in [0.5, 0.6) is 0 Å². The molecule has 0 aliphatic carbocycles. The zero-order valence-electron chi connectivity index (χ0n) is 36.4. The summed E-state index contributed by atoms with van der Waals surface area (Å²) in [6.45, 7) is 6.34. The van der Waals surface area contributed by atoms with Crippen molar-refractivity contribution in [3.8, 4) is 0 Å². The van der Waals surface area contributed by atoms with Crippen molar-refractivity contribution in [3.63, 3.8) is 0 Å². The third-order valence-corrected chi connectivity index (χ3v) is 9.46. The highest BCUT2D eigenvalue weighted by molar-refractivity contribution is 5.71. The van der Waals surface area contributed by atoms with Crippen LogP contribution < -0.4 is 0 Å². The molecule has 0 radical (unpaired) electrons. The summed E-state index contributed by atoms with van der Waals surface area (Å²) in [6.07, 6.45) is 54.6. The van der Waals surface area contributed by atoms with E-state index in [4.69, 9.17) is 14.2 Å². The predicted octanol–water partition coefficient (Wildman–Crippen LogP) is 14.7. The molecule has 0 aromatic heterocycles. The lowest BCUT2D eigenvalue weighted by Gasteiger charge is -2.18. The van der Waals surface area contributed by atoms with E-state index in [1.165, 1.54) is 32.1 Å². The molecule has 0 aromatic carbocycles. The van der Waals surface area contributed by atoms with E-state index in [1.807, 2.05) is 0 Å². The first-order valence-electron chi connectivity index (χ1n) is 22.9. The van der Waals surface area contributed by atoms with Crippen molar-refractivity contribution >= 4 is 17.9 Å². The molecule has 0 fully saturated rings. The van der Waals surface area contributed by atoms with Crippen LogP contribution in [0.25, 0.3) is 0 Å². The molecule has 0 aromatic rings. The molecular formula is C50H84O6. The third kappa shape index (κ3) is 42.0. The molecule has 6 nitrogen and oxygen atoms in total. The van der Waals surface area contributed by atoms with E-state index >= 15 is 0 Å². The zero-order chi connectivity index (χ0) is 40.8. The topological polar surface area (TPSA) is 78.9 Å². The largest absolute Gasteiger partial charge is 0.462 e. The van der Waals surface area contributed by atoms with Gasteiger partial charge in [-0.25, -0.2) is 0 Å². The van der Waals surface area contributed by atoms with Crippen molar-refractivity contribution in [1.82, 2.24) is 0 Å². The Morgan fingerprint density at radius 3 is 1.09 bits per heavy atom. The summed E-state index contributed by atoms with van der Waals surface area (Å²) in [5.41, 5.74) is 0. The van der Waals surface area contributed by atoms with Gasteiger partial charge in [0, 0.05) is 19.3 Å². The predicted molar refractivity (Wildman–Crippen MR) is 238 cm³/mol. The molecule has 0 saturated carbocycles. The molecule has 1 unspecified atom stereocenters. The molecule has 320 valence electrons. The van der Waals surface area contributed by atoms with Gasteiger partial charge in [-0.15, -0.1) is 0 Å². The number of carbonyl (C=O) groups excluding carboxylic acids is 3. The third-order valence-electron chi connectivity index (χ3n) is 9.46. The van der Waals surface area contributed by atoms with Crippen LogP contribution >= 0.6 is 0 Å². The van der Waals surface area contributed by atoms with Gasteiger partial charge >= 0.3 is 17.9 Å². The van der Waals surface area contributed by atoms with Gasteiger partial charge in [-0.05, 0) is 83.5 Å². The van der Waals surface area contributed by atoms with Gasteiger partial charge in [-0.2, -0.15) is 0 Å². The molecule has 0 aliphatic rings. The van der Waals surface area contributed by atoms with Gasteiger partial charge < -0.3 is 14.2 Å². The first kappa shape index (κ1) is 52.9. The van der Waals surface area contributed by atoms with Crippen LogP contribution in [0.15, 0.2) is 72.9 Å². The van der Waals surface area contributed by atoms with E-state index in [0.29, 0.717) is 19.3 Å². The van der Waals surface area contributed by atoms with Crippen LogP contribution in [-0.2, 0) is 28.6 Å². The number of ether oxygens (including phenoxy) is 3. The zero-order valence-corrected chi connectivity index (χ0v) is 36.4. The second-order valence-corrected chi connectivity index (χ2v) is 14.9. The van der Waals surface area contributed by atoms with E-state index in [0.717, 1.165) is 135 Å². The van der Waals surface area contributed by atoms with Crippen molar-refractivity contribution in [2.45, 2.75) is 213 Å². The molecule has 0 bridgehead atoms. The molecule has 0 saturated heterocycles. The van der Waals surface area contributed by atoms with E-state index in [9.17, 15) is 14.4 Å². The Bertz CT molecular complexity index is 1080. The van der Waals surface area contributed by atoms with Gasteiger partial charge in [0.2, 0.25) is 0 Å². The Hall–Kier alpha value is -3.15. The molecule has 0 heterocycles. The van der Waals surface area contributed by atoms with Gasteiger partial charge in [0.25, 0.3) is 0 Å². The maximum Gasteiger partial charge on any atom is 0.306 e. The monoisotopic (exact) mass is 781 g/mol. The number of carbonyl (C=O) groups is 3. The standard InChI is InChI=1S/C50H84O6/c1-4-7-10-13-16-19-21-23-25-27-29-31-34-37-40-43-49(52)55-46-47(45-54-48(51)42-39-36-33-18-15-12-9-6-3)56-50(53)44-41-38-35-32-30-28-26-24-22-20-17-14-11-8-5-2/h7-8,10-11,16-17,19-20,23-26,47H,4-6,9,12-15,18,21-22,27-46H2,1-3H3/b10-7-,11-8-,19-16-,20-17-,25-23-,26-24-. The average molecular weight is 781 g/mol. The van der Waals surface area contributed by atoms with Crippen molar-refractivity contribution in [3.05, 3.63) is 72.9 Å². The lowest BCUT2D eigenvalue weighted by molar-refractivity contribution is -0.167. The molecule has 0 amide bonds. The van der Waals surface area contributed by atoms with Crippen molar-refractivity contribution in [2.75, 3.05) is 13.2 Å². The lowest BCUT2D eigenvalue weighted by atomic mass is 10.1. The molecule has 0 N–H and O–H groups in total. The molecule has 0 aliphatic heterocycles. The summed E-state index contributed by atoms with van der Waals surface area (Å²) in [4.78, 5) is 37.7. The summed E-state index contributed by atoms with van der Waals surface area (Å²) >= 11 is 0. The van der Waals surface area contributed by atoms with Gasteiger partial charge in [-0.1, -0.05) is 177 Å². The van der Waals surface area contributed by atoms with E-state index in [2.05, 4.69) is 93.7 Å². The molecule has 1 atom stereocenters. The van der Waals surface area contributed by atoms with Crippen LogP contribution in [-0.4, -0.2) is 37.2 Å². The molecule has 0 spiro atoms. The quantitative estimate of drug-likeness (QED) is 0.0267. The van der Waals surface area contributed by atoms with E-state index < -0.39 is 6.10 Å². The normalized spacial score (nSPS) is 12.7. The van der Waals surface area contributed by atoms with Crippen molar-refractivity contribution in [1.29, 1.82) is 0 Å². The Morgan fingerprint density at radius 1 is 0.375 bits per heavy atom. The molecule has 0 rings (SSSR count). The van der Waals surface area contributed by atoms with Crippen LogP contribution in [0.3, 0.4) is 0 Å². The molecular weight excluding hydrogens is 697 g/mol. The summed E-state index contributed by atoms with van der Waals surface area (Å²) in [5.74, 6) is -0.932. The Kier molecular flexibility index (Phi) is 42.1. The van der Waals surface area contributed by atoms with Crippen molar-refractivity contribution < 1.29 is 28.6 Å². The van der Waals surface area contributed by atoms with Gasteiger partial charge in [0.15, 0.2) is 6.10 Å². The van der Waals surface area contributed by atoms with Gasteiger partial charge in [-0.3, -0.25) is 14.4 Å². The fourth-order valence-electron chi connectivity index (χ4n) is 6.06. The van der Waals surface area contributed by atoms with E-state index in [1.54, 1.807) is 0 Å². The lowest BCUT2D eigenvalue weighted by Crippen LogP contribution is -2.30. The van der Waals surface area contributed by atoms with Crippen molar-refractivity contribution in [2.24, 2.45) is 0 Å². The Balaban J connectivity index is 4.40. The molecule has 56 heavy (non-hydrogen) atoms. The Morgan fingerprint density at radius 2 is 0.696 bits per heavy atom. The second-order valence-electron chi connectivity index (χ2n) is 14.9. The maximum absolute atomic E-state index is 12.7. The number of unbranched alkanes of at least 4 members (excludes halogenated alkanes) is 17. The van der Waals surface area contributed by atoms with Crippen LogP contribution in [0.4, 0.5) is 0 Å². The summed E-state index contributed by atoms with van der Waals surface area (Å²) in [5, 5.41) is 0.